The van der Waals surface area contributed by atoms with E-state index < -0.39 is 0 Å². The first-order chi connectivity index (χ1) is 25.8. The molecule has 244 valence electrons. The summed E-state index contributed by atoms with van der Waals surface area (Å²) >= 11 is 3.73. The van der Waals surface area contributed by atoms with Gasteiger partial charge in [0, 0.05) is 51.4 Å². The monoisotopic (exact) mass is 699 g/mol. The minimum absolute atomic E-state index is 0.871. The van der Waals surface area contributed by atoms with Crippen molar-refractivity contribution in [1.29, 1.82) is 0 Å². The fraction of sp³-hybridized carbons (Fsp3) is 0. The number of thiophene rings is 2. The fourth-order valence-corrected chi connectivity index (χ4v) is 10.3. The zero-order chi connectivity index (χ0) is 34.2. The number of hydrogen-bond acceptors (Lipinski definition) is 4. The Kier molecular flexibility index (Phi) is 6.63. The van der Waals surface area contributed by atoms with Gasteiger partial charge in [-0.05, 0) is 76.9 Å². The van der Waals surface area contributed by atoms with Gasteiger partial charge in [0.1, 0.15) is 11.2 Å². The Morgan fingerprint density at radius 1 is 0.385 bits per heavy atom. The number of fused-ring (bicyclic) bond motifs is 9. The van der Waals surface area contributed by atoms with E-state index in [0.29, 0.717) is 0 Å². The van der Waals surface area contributed by atoms with Crippen LogP contribution in [-0.2, 0) is 0 Å². The molecular formula is C48H29NOS2. The van der Waals surface area contributed by atoms with Crippen LogP contribution in [0.1, 0.15) is 0 Å². The van der Waals surface area contributed by atoms with Crippen LogP contribution in [0.5, 0.6) is 0 Å². The molecule has 0 aliphatic rings. The van der Waals surface area contributed by atoms with Crippen molar-refractivity contribution in [1.82, 2.24) is 0 Å². The highest BCUT2D eigenvalue weighted by Gasteiger charge is 2.25. The van der Waals surface area contributed by atoms with Gasteiger partial charge in [0.05, 0.1) is 16.8 Å². The van der Waals surface area contributed by atoms with Crippen LogP contribution in [0.15, 0.2) is 180 Å². The number of benzene rings is 8. The number of nitrogens with zero attached hydrogens (tertiary/aromatic N) is 1. The maximum absolute atomic E-state index is 6.69. The van der Waals surface area contributed by atoms with Gasteiger partial charge in [-0.2, -0.15) is 0 Å². The smallest absolute Gasteiger partial charge is 0.137 e. The average molecular weight is 700 g/mol. The van der Waals surface area contributed by atoms with Gasteiger partial charge in [-0.15, -0.1) is 22.7 Å². The third-order valence-corrected chi connectivity index (χ3v) is 12.6. The van der Waals surface area contributed by atoms with E-state index in [2.05, 4.69) is 181 Å². The average Bonchev–Trinajstić information content (AvgIpc) is 3.90. The van der Waals surface area contributed by atoms with E-state index in [1.54, 1.807) is 0 Å². The Labute approximate surface area is 308 Å². The Morgan fingerprint density at radius 3 is 1.79 bits per heavy atom. The molecule has 0 fully saturated rings. The van der Waals surface area contributed by atoms with Crippen molar-refractivity contribution >= 4 is 102 Å². The van der Waals surface area contributed by atoms with Crippen molar-refractivity contribution in [3.63, 3.8) is 0 Å². The van der Waals surface area contributed by atoms with E-state index in [1.807, 2.05) is 22.7 Å². The van der Waals surface area contributed by atoms with Crippen molar-refractivity contribution in [2.75, 3.05) is 4.90 Å². The summed E-state index contributed by atoms with van der Waals surface area (Å²) in [7, 11) is 0. The SMILES string of the molecule is c1ccc(-c2ccc(N(c3ccc4sc5ccccc5c4c3)c3cccc4oc5cccc(-c6ccccc6)c5c34)c3c2sc2ccccc23)cc1. The molecule has 11 rings (SSSR count). The highest BCUT2D eigenvalue weighted by molar-refractivity contribution is 7.26. The third kappa shape index (κ3) is 4.48. The van der Waals surface area contributed by atoms with E-state index >= 15 is 0 Å². The molecule has 0 radical (unpaired) electrons. The van der Waals surface area contributed by atoms with Gasteiger partial charge < -0.3 is 9.32 Å². The summed E-state index contributed by atoms with van der Waals surface area (Å²) in [5, 5.41) is 7.30. The molecule has 8 aromatic carbocycles. The van der Waals surface area contributed by atoms with Gasteiger partial charge in [0.15, 0.2) is 0 Å². The first kappa shape index (κ1) is 29.5. The minimum atomic E-state index is 0.871. The molecule has 0 aliphatic carbocycles. The largest absolute Gasteiger partial charge is 0.456 e. The van der Waals surface area contributed by atoms with Crippen LogP contribution in [0, 0.1) is 0 Å². The van der Waals surface area contributed by atoms with Crippen molar-refractivity contribution in [3.8, 4) is 22.3 Å². The van der Waals surface area contributed by atoms with Crippen LogP contribution in [0.4, 0.5) is 17.1 Å². The summed E-state index contributed by atoms with van der Waals surface area (Å²) in [6, 6.07) is 63.6. The lowest BCUT2D eigenvalue weighted by Crippen LogP contribution is -2.11. The topological polar surface area (TPSA) is 16.4 Å². The molecule has 2 nitrogen and oxygen atoms in total. The Morgan fingerprint density at radius 2 is 1.00 bits per heavy atom. The number of furan rings is 1. The summed E-state index contributed by atoms with van der Waals surface area (Å²) in [5.74, 6) is 0. The highest BCUT2D eigenvalue weighted by Crippen LogP contribution is 2.51. The molecule has 52 heavy (non-hydrogen) atoms. The molecule has 0 spiro atoms. The molecule has 3 heterocycles. The van der Waals surface area contributed by atoms with Gasteiger partial charge in [0.25, 0.3) is 0 Å². The van der Waals surface area contributed by atoms with Crippen LogP contribution in [-0.4, -0.2) is 0 Å². The molecule has 11 aromatic rings. The van der Waals surface area contributed by atoms with Crippen molar-refractivity contribution < 1.29 is 4.42 Å². The summed E-state index contributed by atoms with van der Waals surface area (Å²) in [6.07, 6.45) is 0. The van der Waals surface area contributed by atoms with E-state index in [9.17, 15) is 0 Å². The van der Waals surface area contributed by atoms with E-state index in [4.69, 9.17) is 4.42 Å². The van der Waals surface area contributed by atoms with Crippen LogP contribution >= 0.6 is 22.7 Å². The Balaban J connectivity index is 1.28. The fourth-order valence-electron chi connectivity index (χ4n) is 8.00. The highest BCUT2D eigenvalue weighted by atomic mass is 32.1. The lowest BCUT2D eigenvalue weighted by molar-refractivity contribution is 0.669. The summed E-state index contributed by atoms with van der Waals surface area (Å²) in [5.41, 5.74) is 9.89. The number of hydrogen-bond donors (Lipinski definition) is 0. The first-order valence-electron chi connectivity index (χ1n) is 17.5. The van der Waals surface area contributed by atoms with E-state index in [-0.39, 0.29) is 0 Å². The van der Waals surface area contributed by atoms with Gasteiger partial charge in [-0.3, -0.25) is 0 Å². The quantitative estimate of drug-likeness (QED) is 0.178. The number of anilines is 3. The van der Waals surface area contributed by atoms with Gasteiger partial charge in [-0.1, -0.05) is 121 Å². The summed E-state index contributed by atoms with van der Waals surface area (Å²) in [6.45, 7) is 0. The summed E-state index contributed by atoms with van der Waals surface area (Å²) < 4.78 is 11.8. The third-order valence-electron chi connectivity index (χ3n) is 10.3. The Bertz CT molecular complexity index is 3130. The minimum Gasteiger partial charge on any atom is -0.456 e. The molecule has 0 unspecified atom stereocenters. The van der Waals surface area contributed by atoms with Crippen LogP contribution < -0.4 is 4.90 Å². The van der Waals surface area contributed by atoms with Crippen molar-refractivity contribution in [3.05, 3.63) is 176 Å². The maximum atomic E-state index is 6.69. The van der Waals surface area contributed by atoms with E-state index in [1.165, 1.54) is 57.0 Å². The molecular weight excluding hydrogens is 671 g/mol. The zero-order valence-corrected chi connectivity index (χ0v) is 29.5. The van der Waals surface area contributed by atoms with Crippen LogP contribution in [0.25, 0.3) is 84.5 Å². The lowest BCUT2D eigenvalue weighted by Gasteiger charge is -2.28. The standard InChI is InChI=1S/C48H29NOS2/c1-3-13-30(14-4-1)33-19-11-21-40-46(33)47-38(20-12-22-41(47)50-40)49(32-25-28-44-37(29-32)35-17-7-9-23-42(35)51-44)39-27-26-34(31-15-5-2-6-16-31)48-45(39)36-18-8-10-24-43(36)52-48/h1-29H. The van der Waals surface area contributed by atoms with Gasteiger partial charge in [-0.25, -0.2) is 0 Å². The second-order valence-corrected chi connectivity index (χ2v) is 15.3. The molecule has 0 atom stereocenters. The molecule has 0 saturated carbocycles. The predicted molar refractivity (Wildman–Crippen MR) is 225 cm³/mol. The van der Waals surface area contributed by atoms with Crippen molar-refractivity contribution in [2.45, 2.75) is 0 Å². The van der Waals surface area contributed by atoms with Crippen LogP contribution in [0.2, 0.25) is 0 Å². The normalized spacial score (nSPS) is 11.8. The molecule has 4 heteroatoms. The predicted octanol–water partition coefficient (Wildman–Crippen LogP) is 15.1. The Hall–Kier alpha value is -6.20. The molecule has 0 aliphatic heterocycles. The van der Waals surface area contributed by atoms with Crippen LogP contribution in [0.3, 0.4) is 0 Å². The molecule has 3 aromatic heterocycles. The van der Waals surface area contributed by atoms with Crippen molar-refractivity contribution in [2.24, 2.45) is 0 Å². The maximum Gasteiger partial charge on any atom is 0.137 e. The summed E-state index contributed by atoms with van der Waals surface area (Å²) in [4.78, 5) is 2.49. The second-order valence-electron chi connectivity index (χ2n) is 13.2. The molecule has 0 amide bonds. The van der Waals surface area contributed by atoms with Gasteiger partial charge >= 0.3 is 0 Å². The molecule has 0 saturated heterocycles. The molecule has 0 bridgehead atoms. The van der Waals surface area contributed by atoms with E-state index in [0.717, 1.165) is 44.6 Å². The first-order valence-corrected chi connectivity index (χ1v) is 19.1. The second kappa shape index (κ2) is 11.7. The number of rotatable bonds is 5. The van der Waals surface area contributed by atoms with Gasteiger partial charge in [0.2, 0.25) is 0 Å². The lowest BCUT2D eigenvalue weighted by atomic mass is 9.97. The molecule has 0 N–H and O–H groups in total. The zero-order valence-electron chi connectivity index (χ0n) is 27.9.